The van der Waals surface area contributed by atoms with E-state index in [1.54, 1.807) is 12.1 Å². The lowest BCUT2D eigenvalue weighted by atomic mass is 10.3. The van der Waals surface area contributed by atoms with Gasteiger partial charge in [0.15, 0.2) is 11.6 Å². The summed E-state index contributed by atoms with van der Waals surface area (Å²) in [4.78, 5) is 3.92. The molecule has 0 unspecified atom stereocenters. The van der Waals surface area contributed by atoms with Crippen molar-refractivity contribution in [2.24, 2.45) is 0 Å². The van der Waals surface area contributed by atoms with Crippen molar-refractivity contribution < 1.29 is 18.6 Å². The second kappa shape index (κ2) is 4.88. The Morgan fingerprint density at radius 2 is 2.00 bits per heavy atom. The Morgan fingerprint density at radius 1 is 1.18 bits per heavy atom. The smallest absolute Gasteiger partial charge is 0.219 e. The zero-order valence-corrected chi connectivity index (χ0v) is 8.73. The molecule has 0 aliphatic rings. The normalized spacial score (nSPS) is 10.3. The van der Waals surface area contributed by atoms with Gasteiger partial charge in [-0.05, 0) is 18.2 Å². The first-order chi connectivity index (χ1) is 8.19. The Kier molecular flexibility index (Phi) is 3.30. The van der Waals surface area contributed by atoms with Crippen molar-refractivity contribution in [1.82, 2.24) is 4.98 Å². The van der Waals surface area contributed by atoms with Crippen molar-refractivity contribution in [2.45, 2.75) is 6.61 Å². The van der Waals surface area contributed by atoms with Gasteiger partial charge in [-0.25, -0.2) is 13.8 Å². The molecule has 1 aromatic heterocycles. The maximum Gasteiger partial charge on any atom is 0.219 e. The number of hydrogen-bond acceptors (Lipinski definition) is 3. The first-order valence-electron chi connectivity index (χ1n) is 4.89. The molecule has 1 N–H and O–H groups in total. The van der Waals surface area contributed by atoms with Crippen molar-refractivity contribution >= 4 is 0 Å². The van der Waals surface area contributed by atoms with Crippen molar-refractivity contribution in [3.05, 3.63) is 53.7 Å². The molecule has 3 nitrogen and oxygen atoms in total. The highest BCUT2D eigenvalue weighted by Gasteiger charge is 2.07. The van der Waals surface area contributed by atoms with Gasteiger partial charge in [-0.15, -0.1) is 0 Å². The number of benzene rings is 1. The van der Waals surface area contributed by atoms with Gasteiger partial charge in [-0.2, -0.15) is 0 Å². The number of ether oxygens (including phenoxy) is 1. The van der Waals surface area contributed by atoms with E-state index in [2.05, 4.69) is 4.98 Å². The predicted molar refractivity (Wildman–Crippen MR) is 56.6 cm³/mol. The van der Waals surface area contributed by atoms with Crippen LogP contribution in [0.15, 0.2) is 36.4 Å². The highest BCUT2D eigenvalue weighted by atomic mass is 19.1. The van der Waals surface area contributed by atoms with Gasteiger partial charge in [0.05, 0.1) is 12.3 Å². The minimum absolute atomic E-state index is 0.117. The summed E-state index contributed by atoms with van der Waals surface area (Å²) in [7, 11) is 0. The first kappa shape index (κ1) is 11.5. The summed E-state index contributed by atoms with van der Waals surface area (Å²) in [6.45, 7) is -0.233. The van der Waals surface area contributed by atoms with E-state index in [1.165, 1.54) is 12.1 Å². The zero-order valence-electron chi connectivity index (χ0n) is 8.73. The molecule has 0 spiro atoms. The Hall–Kier alpha value is -2.01. The number of hydrogen-bond donors (Lipinski definition) is 1. The van der Waals surface area contributed by atoms with Gasteiger partial charge in [-0.1, -0.05) is 6.07 Å². The molecule has 0 saturated heterocycles. The number of nitrogens with zero attached hydrogens (tertiary/aromatic N) is 1. The lowest BCUT2D eigenvalue weighted by Gasteiger charge is -2.06. The number of aliphatic hydroxyl groups is 1. The van der Waals surface area contributed by atoms with Gasteiger partial charge in [-0.3, -0.25) is 0 Å². The summed E-state index contributed by atoms with van der Waals surface area (Å²) in [5.41, 5.74) is 0.407. The summed E-state index contributed by atoms with van der Waals surface area (Å²) < 4.78 is 31.1. The quantitative estimate of drug-likeness (QED) is 0.892. The number of rotatable bonds is 3. The van der Waals surface area contributed by atoms with Gasteiger partial charge < -0.3 is 9.84 Å². The van der Waals surface area contributed by atoms with Crippen molar-refractivity contribution in [1.29, 1.82) is 0 Å². The first-order valence-corrected chi connectivity index (χ1v) is 4.89. The third-order valence-corrected chi connectivity index (χ3v) is 2.05. The number of halogens is 2. The molecule has 88 valence electrons. The van der Waals surface area contributed by atoms with Crippen LogP contribution in [0.2, 0.25) is 0 Å². The fourth-order valence-electron chi connectivity index (χ4n) is 1.27. The van der Waals surface area contributed by atoms with Crippen LogP contribution in [0.1, 0.15) is 5.69 Å². The van der Waals surface area contributed by atoms with Crippen LogP contribution in [0.25, 0.3) is 0 Å². The average Bonchev–Trinajstić information content (AvgIpc) is 2.33. The summed E-state index contributed by atoms with van der Waals surface area (Å²) in [6.07, 6.45) is 0. The highest BCUT2D eigenvalue weighted by Crippen LogP contribution is 2.23. The van der Waals surface area contributed by atoms with E-state index in [1.807, 2.05) is 0 Å². The van der Waals surface area contributed by atoms with E-state index in [0.29, 0.717) is 5.69 Å². The predicted octanol–water partition coefficient (Wildman–Crippen LogP) is 2.64. The molecule has 17 heavy (non-hydrogen) atoms. The standard InChI is InChI=1S/C12H9F2NO2/c13-8-4-5-11(10(14)6-8)17-12-3-1-2-9(7-16)15-12/h1-6,16H,7H2. The lowest BCUT2D eigenvalue weighted by Crippen LogP contribution is -1.94. The monoisotopic (exact) mass is 237 g/mol. The van der Waals surface area contributed by atoms with E-state index >= 15 is 0 Å². The molecule has 1 aromatic carbocycles. The molecule has 0 amide bonds. The summed E-state index contributed by atoms with van der Waals surface area (Å²) >= 11 is 0. The summed E-state index contributed by atoms with van der Waals surface area (Å²) in [6, 6.07) is 7.74. The van der Waals surface area contributed by atoms with Crippen LogP contribution in [0.5, 0.6) is 11.6 Å². The molecule has 0 bridgehead atoms. The van der Waals surface area contributed by atoms with Crippen molar-refractivity contribution in [3.8, 4) is 11.6 Å². The molecule has 0 radical (unpaired) electrons. The van der Waals surface area contributed by atoms with Crippen LogP contribution in [0, 0.1) is 11.6 Å². The molecule has 0 aliphatic carbocycles. The number of aromatic nitrogens is 1. The Labute approximate surface area is 96.3 Å². The topological polar surface area (TPSA) is 42.4 Å². The van der Waals surface area contributed by atoms with E-state index in [4.69, 9.17) is 9.84 Å². The summed E-state index contributed by atoms with van der Waals surface area (Å²) in [5, 5.41) is 8.88. The Morgan fingerprint density at radius 3 is 2.71 bits per heavy atom. The molecular weight excluding hydrogens is 228 g/mol. The van der Waals surface area contributed by atoms with Crippen LogP contribution in [-0.4, -0.2) is 10.1 Å². The lowest BCUT2D eigenvalue weighted by molar-refractivity contribution is 0.275. The average molecular weight is 237 g/mol. The minimum atomic E-state index is -0.804. The van der Waals surface area contributed by atoms with Crippen molar-refractivity contribution in [3.63, 3.8) is 0 Å². The maximum absolute atomic E-state index is 13.3. The molecule has 1 heterocycles. The maximum atomic E-state index is 13.3. The van der Waals surface area contributed by atoms with E-state index in [0.717, 1.165) is 12.1 Å². The van der Waals surface area contributed by atoms with Crippen LogP contribution < -0.4 is 4.74 Å². The van der Waals surface area contributed by atoms with Gasteiger partial charge in [0.25, 0.3) is 0 Å². The Balaban J connectivity index is 2.25. The van der Waals surface area contributed by atoms with Crippen LogP contribution in [0.4, 0.5) is 8.78 Å². The third-order valence-electron chi connectivity index (χ3n) is 2.05. The molecular formula is C12H9F2NO2. The van der Waals surface area contributed by atoms with E-state index < -0.39 is 11.6 Å². The SMILES string of the molecule is OCc1cccc(Oc2ccc(F)cc2F)n1. The minimum Gasteiger partial charge on any atom is -0.436 e. The highest BCUT2D eigenvalue weighted by molar-refractivity contribution is 5.29. The molecule has 0 saturated carbocycles. The van der Waals surface area contributed by atoms with Gasteiger partial charge in [0, 0.05) is 12.1 Å². The van der Waals surface area contributed by atoms with Gasteiger partial charge >= 0.3 is 0 Å². The van der Waals surface area contributed by atoms with Crippen molar-refractivity contribution in [2.75, 3.05) is 0 Å². The molecule has 0 atom stereocenters. The number of aliphatic hydroxyl groups excluding tert-OH is 1. The second-order valence-electron chi connectivity index (χ2n) is 3.30. The molecule has 2 aromatic rings. The Bertz CT molecular complexity index is 532. The molecule has 0 aliphatic heterocycles. The fourth-order valence-corrected chi connectivity index (χ4v) is 1.27. The van der Waals surface area contributed by atoms with E-state index in [-0.39, 0.29) is 18.2 Å². The zero-order chi connectivity index (χ0) is 12.3. The third kappa shape index (κ3) is 2.76. The van der Waals surface area contributed by atoms with Crippen LogP contribution in [-0.2, 0) is 6.61 Å². The number of pyridine rings is 1. The molecule has 0 fully saturated rings. The van der Waals surface area contributed by atoms with Crippen LogP contribution >= 0.6 is 0 Å². The second-order valence-corrected chi connectivity index (χ2v) is 3.30. The fraction of sp³-hybridized carbons (Fsp3) is 0.0833. The van der Waals surface area contributed by atoms with E-state index in [9.17, 15) is 8.78 Å². The molecule has 2 rings (SSSR count). The molecule has 5 heteroatoms. The summed E-state index contributed by atoms with van der Waals surface area (Å²) in [5.74, 6) is -1.45. The largest absolute Gasteiger partial charge is 0.436 e. The van der Waals surface area contributed by atoms with Gasteiger partial charge in [0.2, 0.25) is 5.88 Å². The van der Waals surface area contributed by atoms with Gasteiger partial charge in [0.1, 0.15) is 5.82 Å². The van der Waals surface area contributed by atoms with Crippen LogP contribution in [0.3, 0.4) is 0 Å².